The van der Waals surface area contributed by atoms with Crippen molar-refractivity contribution in [2.45, 2.75) is 6.54 Å². The van der Waals surface area contributed by atoms with Crippen LogP contribution in [-0.4, -0.2) is 58.2 Å². The van der Waals surface area contributed by atoms with Gasteiger partial charge in [0.15, 0.2) is 0 Å². The highest BCUT2D eigenvalue weighted by Crippen LogP contribution is 2.23. The zero-order valence-corrected chi connectivity index (χ0v) is 14.9. The van der Waals surface area contributed by atoms with Gasteiger partial charge in [-0.25, -0.2) is 4.68 Å². The Morgan fingerprint density at radius 1 is 1.17 bits per heavy atom. The number of piperazine rings is 1. The van der Waals surface area contributed by atoms with Crippen molar-refractivity contribution >= 4 is 33.2 Å². The molecule has 6 nitrogen and oxygen atoms in total. The summed E-state index contributed by atoms with van der Waals surface area (Å²) >= 11 is 4.85. The molecule has 0 N–H and O–H groups in total. The van der Waals surface area contributed by atoms with Crippen molar-refractivity contribution < 1.29 is 4.79 Å². The second kappa shape index (κ2) is 7.37. The smallest absolute Gasteiger partial charge is 0.266 e. The van der Waals surface area contributed by atoms with E-state index in [0.717, 1.165) is 28.3 Å². The molecule has 2 aromatic heterocycles. The number of thiophene rings is 1. The Morgan fingerprint density at radius 3 is 2.61 bits per heavy atom. The van der Waals surface area contributed by atoms with Crippen molar-refractivity contribution in [2.75, 3.05) is 32.7 Å². The Bertz CT molecular complexity index is 737. The van der Waals surface area contributed by atoms with Gasteiger partial charge >= 0.3 is 0 Å². The molecule has 1 amide bonds. The van der Waals surface area contributed by atoms with Crippen LogP contribution in [0.4, 0.5) is 0 Å². The van der Waals surface area contributed by atoms with E-state index < -0.39 is 0 Å². The second-order valence-corrected chi connectivity index (χ2v) is 7.79. The quantitative estimate of drug-likeness (QED) is 0.785. The average molecular weight is 397 g/mol. The molecule has 0 spiro atoms. The Balaban J connectivity index is 1.50. The van der Waals surface area contributed by atoms with E-state index in [1.165, 1.54) is 22.1 Å². The molecule has 0 bridgehead atoms. The molecule has 122 valence electrons. The van der Waals surface area contributed by atoms with Crippen molar-refractivity contribution in [1.29, 1.82) is 0 Å². The summed E-state index contributed by atoms with van der Waals surface area (Å²) in [5.41, 5.74) is -0.0791. The number of amides is 1. The van der Waals surface area contributed by atoms with Crippen molar-refractivity contribution in [1.82, 2.24) is 19.6 Å². The van der Waals surface area contributed by atoms with Crippen LogP contribution >= 0.6 is 27.3 Å². The third-order valence-corrected chi connectivity index (χ3v) is 5.47. The minimum atomic E-state index is -0.0791. The molecule has 8 heteroatoms. The molecule has 1 aliphatic heterocycles. The van der Waals surface area contributed by atoms with Crippen molar-refractivity contribution in [3.63, 3.8) is 0 Å². The van der Waals surface area contributed by atoms with Crippen LogP contribution in [0, 0.1) is 0 Å². The van der Waals surface area contributed by atoms with Gasteiger partial charge in [-0.2, -0.15) is 5.10 Å². The van der Waals surface area contributed by atoms with Crippen LogP contribution in [0.15, 0.2) is 39.0 Å². The summed E-state index contributed by atoms with van der Waals surface area (Å²) in [6, 6.07) is 6.92. The normalized spacial score (nSPS) is 15.8. The Kier molecular flexibility index (Phi) is 5.24. The first-order chi connectivity index (χ1) is 11.1. The van der Waals surface area contributed by atoms with E-state index in [2.05, 4.69) is 25.9 Å². The van der Waals surface area contributed by atoms with Crippen LogP contribution in [0.5, 0.6) is 0 Å². The van der Waals surface area contributed by atoms with Crippen LogP contribution in [0.1, 0.15) is 9.67 Å². The maximum Gasteiger partial charge on any atom is 0.266 e. The molecule has 23 heavy (non-hydrogen) atoms. The molecule has 1 aliphatic rings. The van der Waals surface area contributed by atoms with E-state index >= 15 is 0 Å². The molecule has 0 unspecified atom stereocenters. The van der Waals surface area contributed by atoms with Crippen molar-refractivity contribution in [3.05, 3.63) is 49.5 Å². The maximum atomic E-state index is 12.4. The highest BCUT2D eigenvalue weighted by atomic mass is 79.9. The summed E-state index contributed by atoms with van der Waals surface area (Å²) in [7, 11) is 0. The first-order valence-electron chi connectivity index (χ1n) is 7.42. The standard InChI is InChI=1S/C15H17BrN4O2S/c16-13-4-3-12(23-13)15(22)19-9-6-18(7-10-19)8-11-20-14(21)2-1-5-17-20/h1-5H,6-11H2. The maximum absolute atomic E-state index is 12.4. The van der Waals surface area contributed by atoms with Crippen LogP contribution in [0.25, 0.3) is 0 Å². The van der Waals surface area contributed by atoms with Gasteiger partial charge in [0, 0.05) is 45.0 Å². The molecule has 0 aromatic carbocycles. The van der Waals surface area contributed by atoms with Gasteiger partial charge in [0.1, 0.15) is 0 Å². The van der Waals surface area contributed by atoms with Gasteiger partial charge in [-0.15, -0.1) is 11.3 Å². The number of aromatic nitrogens is 2. The third kappa shape index (κ3) is 4.07. The monoisotopic (exact) mass is 396 g/mol. The summed E-state index contributed by atoms with van der Waals surface area (Å²) in [6.45, 7) is 4.41. The van der Waals surface area contributed by atoms with E-state index in [9.17, 15) is 9.59 Å². The molecular formula is C15H17BrN4O2S. The number of carbonyl (C=O) groups excluding carboxylic acids is 1. The number of carbonyl (C=O) groups is 1. The SMILES string of the molecule is O=C(c1ccc(Br)s1)N1CCN(CCn2ncccc2=O)CC1. The molecule has 1 fully saturated rings. The molecule has 0 aliphatic carbocycles. The Hall–Kier alpha value is -1.51. The van der Waals surface area contributed by atoms with E-state index in [1.54, 1.807) is 12.3 Å². The van der Waals surface area contributed by atoms with Gasteiger partial charge in [-0.1, -0.05) is 0 Å². The summed E-state index contributed by atoms with van der Waals surface area (Å²) in [5.74, 6) is 0.0984. The summed E-state index contributed by atoms with van der Waals surface area (Å²) in [4.78, 5) is 28.9. The third-order valence-electron chi connectivity index (χ3n) is 3.86. The fourth-order valence-corrected chi connectivity index (χ4v) is 3.90. The second-order valence-electron chi connectivity index (χ2n) is 5.32. The number of hydrogen-bond acceptors (Lipinski definition) is 5. The van der Waals surface area contributed by atoms with Crippen molar-refractivity contribution in [3.8, 4) is 0 Å². The van der Waals surface area contributed by atoms with E-state index in [0.29, 0.717) is 19.6 Å². The van der Waals surface area contributed by atoms with Crippen LogP contribution in [0.3, 0.4) is 0 Å². The van der Waals surface area contributed by atoms with E-state index in [4.69, 9.17) is 0 Å². The molecular weight excluding hydrogens is 380 g/mol. The highest BCUT2D eigenvalue weighted by molar-refractivity contribution is 9.11. The van der Waals surface area contributed by atoms with Gasteiger partial charge in [-0.05, 0) is 34.1 Å². The first kappa shape index (κ1) is 16.4. The Morgan fingerprint density at radius 2 is 1.96 bits per heavy atom. The average Bonchev–Trinajstić information content (AvgIpc) is 3.00. The van der Waals surface area contributed by atoms with Gasteiger partial charge in [0.05, 0.1) is 15.2 Å². The minimum Gasteiger partial charge on any atom is -0.335 e. The molecule has 0 radical (unpaired) electrons. The van der Waals surface area contributed by atoms with Gasteiger partial charge in [0.25, 0.3) is 11.5 Å². The number of rotatable bonds is 4. The lowest BCUT2D eigenvalue weighted by Gasteiger charge is -2.34. The summed E-state index contributed by atoms with van der Waals surface area (Å²) in [6.07, 6.45) is 1.62. The van der Waals surface area contributed by atoms with Gasteiger partial charge in [0.2, 0.25) is 0 Å². The Labute approximate surface area is 146 Å². The molecule has 0 saturated carbocycles. The largest absolute Gasteiger partial charge is 0.335 e. The summed E-state index contributed by atoms with van der Waals surface area (Å²) in [5, 5.41) is 4.06. The predicted molar refractivity (Wildman–Crippen MR) is 92.9 cm³/mol. The fraction of sp³-hybridized carbons (Fsp3) is 0.400. The van der Waals surface area contributed by atoms with E-state index in [-0.39, 0.29) is 11.5 Å². The molecule has 3 heterocycles. The van der Waals surface area contributed by atoms with Crippen LogP contribution in [-0.2, 0) is 6.54 Å². The number of halogens is 1. The highest BCUT2D eigenvalue weighted by Gasteiger charge is 2.22. The lowest BCUT2D eigenvalue weighted by atomic mass is 10.3. The zero-order chi connectivity index (χ0) is 16.2. The van der Waals surface area contributed by atoms with Crippen molar-refractivity contribution in [2.24, 2.45) is 0 Å². The predicted octanol–water partition coefficient (Wildman–Crippen LogP) is 1.53. The first-order valence-corrected chi connectivity index (χ1v) is 9.03. The number of hydrogen-bond donors (Lipinski definition) is 0. The zero-order valence-electron chi connectivity index (χ0n) is 12.5. The van der Waals surface area contributed by atoms with Gasteiger partial charge in [-0.3, -0.25) is 14.5 Å². The van der Waals surface area contributed by atoms with E-state index in [1.807, 2.05) is 17.0 Å². The fourth-order valence-electron chi connectivity index (χ4n) is 2.55. The molecule has 1 saturated heterocycles. The lowest BCUT2D eigenvalue weighted by molar-refractivity contribution is 0.0636. The molecule has 0 atom stereocenters. The molecule has 2 aromatic rings. The lowest BCUT2D eigenvalue weighted by Crippen LogP contribution is -2.49. The van der Waals surface area contributed by atoms with Crippen LogP contribution < -0.4 is 5.56 Å². The summed E-state index contributed by atoms with van der Waals surface area (Å²) < 4.78 is 2.45. The topological polar surface area (TPSA) is 58.4 Å². The molecule has 3 rings (SSSR count). The number of nitrogens with zero attached hydrogens (tertiary/aromatic N) is 4. The van der Waals surface area contributed by atoms with Crippen LogP contribution in [0.2, 0.25) is 0 Å². The van der Waals surface area contributed by atoms with Gasteiger partial charge < -0.3 is 4.90 Å². The minimum absolute atomic E-state index is 0.0791.